The quantitative estimate of drug-likeness (QED) is 0.403. The van der Waals surface area contributed by atoms with Gasteiger partial charge in [0.25, 0.3) is 5.91 Å². The number of benzene rings is 3. The number of sulfonamides is 1. The first kappa shape index (κ1) is 25.3. The molecule has 180 valence electrons. The molecule has 0 aliphatic carbocycles. The molecule has 3 aromatic rings. The van der Waals surface area contributed by atoms with Crippen LogP contribution in [0, 0.1) is 6.92 Å². The maximum absolute atomic E-state index is 12.5. The minimum atomic E-state index is -3.46. The van der Waals surface area contributed by atoms with Crippen LogP contribution in [0.2, 0.25) is 0 Å². The van der Waals surface area contributed by atoms with Gasteiger partial charge in [-0.15, -0.1) is 0 Å². The molecule has 0 radical (unpaired) electrons. The van der Waals surface area contributed by atoms with Crippen molar-refractivity contribution in [3.8, 4) is 5.75 Å². The fourth-order valence-corrected chi connectivity index (χ4v) is 4.58. The van der Waals surface area contributed by atoms with Gasteiger partial charge in [-0.2, -0.15) is 0 Å². The Morgan fingerprint density at radius 2 is 1.74 bits per heavy atom. The number of nitrogens with zero attached hydrogens (tertiary/aromatic N) is 1. The van der Waals surface area contributed by atoms with Crippen molar-refractivity contribution >= 4 is 21.6 Å². The van der Waals surface area contributed by atoms with Crippen LogP contribution in [0.3, 0.4) is 0 Å². The van der Waals surface area contributed by atoms with Crippen LogP contribution in [0.5, 0.6) is 5.75 Å². The zero-order chi connectivity index (χ0) is 24.6. The Bertz CT molecular complexity index is 1210. The molecular formula is C27H32N2O4S. The van der Waals surface area contributed by atoms with Gasteiger partial charge >= 0.3 is 0 Å². The van der Waals surface area contributed by atoms with E-state index in [9.17, 15) is 13.2 Å². The van der Waals surface area contributed by atoms with Gasteiger partial charge in [0.15, 0.2) is 0 Å². The number of carbonyl (C=O) groups is 1. The lowest BCUT2D eigenvalue weighted by Gasteiger charge is -2.23. The highest BCUT2D eigenvalue weighted by Gasteiger charge is 2.18. The number of carbonyl (C=O) groups excluding carboxylic acids is 1. The van der Waals surface area contributed by atoms with Gasteiger partial charge in [-0.25, -0.2) is 8.42 Å². The molecule has 3 rings (SSSR count). The zero-order valence-electron chi connectivity index (χ0n) is 20.0. The van der Waals surface area contributed by atoms with E-state index in [1.54, 1.807) is 30.3 Å². The summed E-state index contributed by atoms with van der Waals surface area (Å²) in [7, 11) is -3.46. The van der Waals surface area contributed by atoms with Crippen LogP contribution in [0.1, 0.15) is 40.4 Å². The van der Waals surface area contributed by atoms with E-state index in [-0.39, 0.29) is 12.5 Å². The SMILES string of the molecule is CCOc1ccccc1CCCNC(=O)c1ccc(CN(c2cccc(C)c2)S(C)(=O)=O)cc1. The highest BCUT2D eigenvalue weighted by atomic mass is 32.2. The molecule has 0 spiro atoms. The number of ether oxygens (including phenoxy) is 1. The number of amides is 1. The summed E-state index contributed by atoms with van der Waals surface area (Å²) < 4.78 is 31.8. The van der Waals surface area contributed by atoms with Crippen molar-refractivity contribution in [3.63, 3.8) is 0 Å². The molecule has 6 nitrogen and oxygen atoms in total. The average Bonchev–Trinajstić information content (AvgIpc) is 2.81. The predicted molar refractivity (Wildman–Crippen MR) is 137 cm³/mol. The van der Waals surface area contributed by atoms with Crippen molar-refractivity contribution in [1.82, 2.24) is 5.32 Å². The highest BCUT2D eigenvalue weighted by molar-refractivity contribution is 7.92. The summed E-state index contributed by atoms with van der Waals surface area (Å²) in [6.07, 6.45) is 2.81. The summed E-state index contributed by atoms with van der Waals surface area (Å²) in [5.74, 6) is 0.740. The van der Waals surface area contributed by atoms with Gasteiger partial charge in [0.2, 0.25) is 10.0 Å². The molecule has 0 atom stereocenters. The standard InChI is InChI=1S/C27H32N2O4S/c1-4-33-26-13-6-5-10-23(26)11-8-18-28-27(30)24-16-14-22(15-17-24)20-29(34(3,31)32)25-12-7-9-21(2)19-25/h5-7,9-10,12-17,19H,4,8,11,18,20H2,1-3H3,(H,28,30). The van der Waals surface area contributed by atoms with Gasteiger partial charge in [-0.3, -0.25) is 9.10 Å². The second-order valence-corrected chi connectivity index (χ2v) is 10.1. The number of hydrogen-bond acceptors (Lipinski definition) is 4. The molecule has 0 fully saturated rings. The second kappa shape index (κ2) is 11.7. The minimum Gasteiger partial charge on any atom is -0.494 e. The molecule has 0 heterocycles. The van der Waals surface area contributed by atoms with Gasteiger partial charge in [-0.1, -0.05) is 42.5 Å². The molecule has 0 saturated heterocycles. The van der Waals surface area contributed by atoms with Gasteiger partial charge in [0.05, 0.1) is 25.1 Å². The van der Waals surface area contributed by atoms with E-state index in [2.05, 4.69) is 5.32 Å². The Kier molecular flexibility index (Phi) is 8.71. The third-order valence-electron chi connectivity index (χ3n) is 5.41. The van der Waals surface area contributed by atoms with E-state index in [1.807, 2.05) is 56.3 Å². The fraction of sp³-hybridized carbons (Fsp3) is 0.296. The number of nitrogens with one attached hydrogen (secondary N) is 1. The lowest BCUT2D eigenvalue weighted by Crippen LogP contribution is -2.29. The summed E-state index contributed by atoms with van der Waals surface area (Å²) in [4.78, 5) is 12.5. The number of anilines is 1. The summed E-state index contributed by atoms with van der Waals surface area (Å²) in [6, 6.07) is 22.4. The Balaban J connectivity index is 1.57. The Labute approximate surface area is 202 Å². The van der Waals surface area contributed by atoms with Crippen LogP contribution in [-0.4, -0.2) is 33.7 Å². The third-order valence-corrected chi connectivity index (χ3v) is 6.55. The lowest BCUT2D eigenvalue weighted by molar-refractivity contribution is 0.0953. The highest BCUT2D eigenvalue weighted by Crippen LogP contribution is 2.22. The van der Waals surface area contributed by atoms with Crippen molar-refractivity contribution < 1.29 is 17.9 Å². The van der Waals surface area contributed by atoms with Gasteiger partial charge < -0.3 is 10.1 Å². The van der Waals surface area contributed by atoms with Crippen molar-refractivity contribution in [3.05, 3.63) is 95.1 Å². The Morgan fingerprint density at radius 3 is 2.41 bits per heavy atom. The molecule has 0 aromatic heterocycles. The van der Waals surface area contributed by atoms with Gasteiger partial charge in [-0.05, 0) is 73.7 Å². The average molecular weight is 481 g/mol. The fourth-order valence-electron chi connectivity index (χ4n) is 3.70. The van der Waals surface area contributed by atoms with Crippen LogP contribution in [0.15, 0.2) is 72.8 Å². The number of aryl methyl sites for hydroxylation is 2. The molecule has 0 aliphatic rings. The Morgan fingerprint density at radius 1 is 1.00 bits per heavy atom. The van der Waals surface area contributed by atoms with Crippen molar-refractivity contribution in [2.75, 3.05) is 23.7 Å². The van der Waals surface area contributed by atoms with Crippen molar-refractivity contribution in [1.29, 1.82) is 0 Å². The summed E-state index contributed by atoms with van der Waals surface area (Å²) in [6.45, 7) is 5.26. The molecule has 0 unspecified atom stereocenters. The van der Waals surface area contributed by atoms with E-state index in [4.69, 9.17) is 4.74 Å². The molecule has 34 heavy (non-hydrogen) atoms. The van der Waals surface area contributed by atoms with Gasteiger partial charge in [0, 0.05) is 12.1 Å². The first-order valence-corrected chi connectivity index (χ1v) is 13.2. The van der Waals surface area contributed by atoms with E-state index >= 15 is 0 Å². The molecule has 1 amide bonds. The topological polar surface area (TPSA) is 75.7 Å². The molecule has 0 aliphatic heterocycles. The van der Waals surface area contributed by atoms with Crippen LogP contribution in [0.4, 0.5) is 5.69 Å². The Hall–Kier alpha value is -3.32. The van der Waals surface area contributed by atoms with Crippen molar-refractivity contribution in [2.45, 2.75) is 33.2 Å². The molecule has 3 aromatic carbocycles. The normalized spacial score (nSPS) is 11.1. The van der Waals surface area contributed by atoms with Gasteiger partial charge in [0.1, 0.15) is 5.75 Å². The number of rotatable bonds is 11. The lowest BCUT2D eigenvalue weighted by atomic mass is 10.1. The molecule has 7 heteroatoms. The van der Waals surface area contributed by atoms with Crippen molar-refractivity contribution in [2.24, 2.45) is 0 Å². The summed E-state index contributed by atoms with van der Waals surface area (Å²) in [5, 5.41) is 2.95. The smallest absolute Gasteiger partial charge is 0.251 e. The van der Waals surface area contributed by atoms with Crippen LogP contribution in [0.25, 0.3) is 0 Å². The number of para-hydroxylation sites is 1. The van der Waals surface area contributed by atoms with Crippen LogP contribution >= 0.6 is 0 Å². The maximum Gasteiger partial charge on any atom is 0.251 e. The first-order valence-electron chi connectivity index (χ1n) is 11.4. The largest absolute Gasteiger partial charge is 0.494 e. The van der Waals surface area contributed by atoms with E-state index in [0.717, 1.165) is 35.3 Å². The first-order chi connectivity index (χ1) is 16.3. The molecule has 1 N–H and O–H groups in total. The molecule has 0 bridgehead atoms. The van der Waals surface area contributed by atoms with E-state index < -0.39 is 10.0 Å². The monoisotopic (exact) mass is 480 g/mol. The third kappa shape index (κ3) is 7.09. The minimum absolute atomic E-state index is 0.150. The van der Waals surface area contributed by atoms with E-state index in [0.29, 0.717) is 24.4 Å². The summed E-state index contributed by atoms with van der Waals surface area (Å²) >= 11 is 0. The van der Waals surface area contributed by atoms with E-state index in [1.165, 1.54) is 10.6 Å². The summed E-state index contributed by atoms with van der Waals surface area (Å²) in [5.41, 5.74) is 4.08. The maximum atomic E-state index is 12.5. The second-order valence-electron chi connectivity index (χ2n) is 8.21. The predicted octanol–water partition coefficient (Wildman–Crippen LogP) is 4.72. The molecule has 0 saturated carbocycles. The number of hydrogen-bond donors (Lipinski definition) is 1. The van der Waals surface area contributed by atoms with Crippen LogP contribution in [-0.2, 0) is 23.0 Å². The molecular weight excluding hydrogens is 448 g/mol. The zero-order valence-corrected chi connectivity index (χ0v) is 20.8. The van der Waals surface area contributed by atoms with Crippen LogP contribution < -0.4 is 14.4 Å².